The number of hydrogen-bond donors (Lipinski definition) is 0. The number of amides is 1. The topological polar surface area (TPSA) is 41.0 Å². The van der Waals surface area contributed by atoms with Gasteiger partial charge in [-0.25, -0.2) is 0 Å². The van der Waals surface area contributed by atoms with Crippen LogP contribution in [0.15, 0.2) is 30.3 Å². The number of para-hydroxylation sites is 1. The van der Waals surface area contributed by atoms with Crippen molar-refractivity contribution in [3.05, 3.63) is 36.0 Å². The Morgan fingerprint density at radius 1 is 1.03 bits per heavy atom. The van der Waals surface area contributed by atoms with E-state index in [9.17, 15) is 4.79 Å². The van der Waals surface area contributed by atoms with E-state index in [2.05, 4.69) is 56.5 Å². The molecule has 6 heteroatoms. The van der Waals surface area contributed by atoms with Crippen molar-refractivity contribution in [2.75, 3.05) is 45.9 Å². The number of aromatic nitrogens is 1. The lowest BCUT2D eigenvalue weighted by molar-refractivity contribution is -0.138. The van der Waals surface area contributed by atoms with Gasteiger partial charge in [0.2, 0.25) is 5.91 Å². The molecular formula is C23H32N4O2. The Morgan fingerprint density at radius 3 is 2.59 bits per heavy atom. The number of piperazine rings is 1. The van der Waals surface area contributed by atoms with Crippen LogP contribution in [0.5, 0.6) is 0 Å². The summed E-state index contributed by atoms with van der Waals surface area (Å²) in [5.41, 5.74) is 2.54. The van der Waals surface area contributed by atoms with Crippen LogP contribution in [-0.4, -0.2) is 83.2 Å². The minimum atomic E-state index is -0.0391. The van der Waals surface area contributed by atoms with Gasteiger partial charge < -0.3 is 14.2 Å². The second-order valence-corrected chi connectivity index (χ2v) is 8.70. The van der Waals surface area contributed by atoms with Crippen LogP contribution in [0.4, 0.5) is 0 Å². The average molecular weight is 397 g/mol. The highest BCUT2D eigenvalue weighted by molar-refractivity contribution is 5.84. The van der Waals surface area contributed by atoms with Crippen LogP contribution in [0.25, 0.3) is 10.9 Å². The predicted octanol–water partition coefficient (Wildman–Crippen LogP) is 2.17. The smallest absolute Gasteiger partial charge is 0.240 e. The third-order valence-corrected chi connectivity index (χ3v) is 7.12. The molecule has 6 nitrogen and oxygen atoms in total. The number of hydrogen-bond acceptors (Lipinski definition) is 4. The number of rotatable bonds is 3. The molecule has 0 saturated carbocycles. The molecule has 1 unspecified atom stereocenters. The third kappa shape index (κ3) is 3.69. The van der Waals surface area contributed by atoms with Gasteiger partial charge in [0.05, 0.1) is 12.6 Å². The highest BCUT2D eigenvalue weighted by Crippen LogP contribution is 2.25. The van der Waals surface area contributed by atoms with E-state index in [0.29, 0.717) is 6.04 Å². The van der Waals surface area contributed by atoms with Gasteiger partial charge >= 0.3 is 0 Å². The lowest BCUT2D eigenvalue weighted by atomic mass is 10.1. The van der Waals surface area contributed by atoms with Crippen LogP contribution < -0.4 is 0 Å². The molecule has 1 aromatic carbocycles. The van der Waals surface area contributed by atoms with Crippen molar-refractivity contribution >= 4 is 16.8 Å². The van der Waals surface area contributed by atoms with E-state index in [1.54, 1.807) is 0 Å². The Hall–Kier alpha value is -1.89. The summed E-state index contributed by atoms with van der Waals surface area (Å²) in [4.78, 5) is 20.3. The van der Waals surface area contributed by atoms with E-state index in [1.807, 2.05) is 0 Å². The van der Waals surface area contributed by atoms with E-state index in [0.717, 1.165) is 71.9 Å². The van der Waals surface area contributed by atoms with Crippen LogP contribution in [0.3, 0.4) is 0 Å². The van der Waals surface area contributed by atoms with Gasteiger partial charge in [-0.1, -0.05) is 18.2 Å². The molecule has 3 aliphatic heterocycles. The molecule has 3 aliphatic rings. The van der Waals surface area contributed by atoms with Gasteiger partial charge in [-0.2, -0.15) is 0 Å². The normalized spacial score (nSPS) is 23.3. The zero-order valence-electron chi connectivity index (χ0n) is 17.4. The van der Waals surface area contributed by atoms with Crippen LogP contribution in [0, 0.1) is 0 Å². The Balaban J connectivity index is 1.20. The molecule has 2 fully saturated rings. The first-order valence-electron chi connectivity index (χ1n) is 11.1. The minimum absolute atomic E-state index is 0.0391. The summed E-state index contributed by atoms with van der Waals surface area (Å²) in [6.07, 6.45) is 2.30. The van der Waals surface area contributed by atoms with Crippen LogP contribution in [0.1, 0.15) is 25.5 Å². The minimum Gasteiger partial charge on any atom is -0.381 e. The molecule has 156 valence electrons. The molecule has 1 amide bonds. The Kier molecular flexibility index (Phi) is 5.33. The van der Waals surface area contributed by atoms with Gasteiger partial charge in [-0.3, -0.25) is 14.6 Å². The summed E-state index contributed by atoms with van der Waals surface area (Å²) in [6.45, 7) is 10.4. The molecule has 5 rings (SSSR count). The van der Waals surface area contributed by atoms with Gasteiger partial charge in [0.25, 0.3) is 0 Å². The fraction of sp³-hybridized carbons (Fsp3) is 0.609. The van der Waals surface area contributed by atoms with Crippen molar-refractivity contribution in [3.63, 3.8) is 0 Å². The predicted molar refractivity (Wildman–Crippen MR) is 114 cm³/mol. The maximum atomic E-state index is 13.3. The number of carbonyl (C=O) groups is 1. The summed E-state index contributed by atoms with van der Waals surface area (Å²) < 4.78 is 7.88. The van der Waals surface area contributed by atoms with Crippen molar-refractivity contribution in [2.45, 2.75) is 44.9 Å². The number of nitrogens with zero attached hydrogens (tertiary/aromatic N) is 4. The molecule has 2 aromatic rings. The van der Waals surface area contributed by atoms with Gasteiger partial charge in [-0.15, -0.1) is 0 Å². The molecule has 0 radical (unpaired) electrons. The Labute approximate surface area is 173 Å². The molecule has 0 N–H and O–H groups in total. The first-order chi connectivity index (χ1) is 14.2. The third-order valence-electron chi connectivity index (χ3n) is 7.12. The highest BCUT2D eigenvalue weighted by Gasteiger charge is 2.32. The fourth-order valence-corrected chi connectivity index (χ4v) is 5.31. The maximum absolute atomic E-state index is 13.3. The largest absolute Gasteiger partial charge is 0.381 e. The number of ether oxygens (including phenoxy) is 1. The first-order valence-corrected chi connectivity index (χ1v) is 11.1. The molecule has 0 spiro atoms. The summed E-state index contributed by atoms with van der Waals surface area (Å²) in [7, 11) is 0. The lowest BCUT2D eigenvalue weighted by Gasteiger charge is -2.43. The molecule has 0 aliphatic carbocycles. The molecular weight excluding hydrogens is 364 g/mol. The summed E-state index contributed by atoms with van der Waals surface area (Å²) >= 11 is 0. The monoisotopic (exact) mass is 396 g/mol. The molecule has 0 bridgehead atoms. The first kappa shape index (κ1) is 19.1. The summed E-state index contributed by atoms with van der Waals surface area (Å²) in [5, 5.41) is 1.27. The van der Waals surface area contributed by atoms with Gasteiger partial charge in [0, 0.05) is 69.7 Å². The van der Waals surface area contributed by atoms with E-state index >= 15 is 0 Å². The van der Waals surface area contributed by atoms with Crippen molar-refractivity contribution in [1.82, 2.24) is 19.3 Å². The van der Waals surface area contributed by atoms with E-state index in [-0.39, 0.29) is 11.9 Å². The summed E-state index contributed by atoms with van der Waals surface area (Å²) in [6, 6.07) is 11.4. The van der Waals surface area contributed by atoms with Gasteiger partial charge in [0.1, 0.15) is 0 Å². The Morgan fingerprint density at radius 2 is 1.79 bits per heavy atom. The van der Waals surface area contributed by atoms with Crippen molar-refractivity contribution in [2.24, 2.45) is 0 Å². The zero-order chi connectivity index (χ0) is 19.8. The molecule has 1 atom stereocenters. The number of benzene rings is 1. The highest BCUT2D eigenvalue weighted by atomic mass is 16.5. The van der Waals surface area contributed by atoms with E-state index in [4.69, 9.17) is 4.74 Å². The fourth-order valence-electron chi connectivity index (χ4n) is 5.31. The zero-order valence-corrected chi connectivity index (χ0v) is 17.4. The standard InChI is InChI=1S/C23H32N4O2/c1-18(24-8-10-25(11-9-24)20-6-14-29-15-7-20)23(28)26-12-13-27-21(17-26)16-19-4-2-3-5-22(19)27/h2-5,16,18,20H,6-15,17H2,1H3. The van der Waals surface area contributed by atoms with Crippen LogP contribution in [0.2, 0.25) is 0 Å². The maximum Gasteiger partial charge on any atom is 0.240 e. The average Bonchev–Trinajstić information content (AvgIpc) is 3.16. The second kappa shape index (κ2) is 8.09. The molecule has 2 saturated heterocycles. The van der Waals surface area contributed by atoms with E-state index in [1.165, 1.54) is 16.6 Å². The number of fused-ring (bicyclic) bond motifs is 3. The molecule has 29 heavy (non-hydrogen) atoms. The van der Waals surface area contributed by atoms with Crippen molar-refractivity contribution in [1.29, 1.82) is 0 Å². The quantitative estimate of drug-likeness (QED) is 0.797. The SMILES string of the molecule is CC(C(=O)N1CCn2c(cc3ccccc32)C1)N1CCN(C2CCOCC2)CC1. The van der Waals surface area contributed by atoms with Crippen LogP contribution >= 0.6 is 0 Å². The van der Waals surface area contributed by atoms with E-state index < -0.39 is 0 Å². The Bertz CT molecular complexity index is 865. The molecule has 1 aromatic heterocycles. The van der Waals surface area contributed by atoms with Crippen molar-refractivity contribution in [3.8, 4) is 0 Å². The van der Waals surface area contributed by atoms with Gasteiger partial charge in [-0.05, 0) is 37.3 Å². The van der Waals surface area contributed by atoms with Crippen molar-refractivity contribution < 1.29 is 9.53 Å². The summed E-state index contributed by atoms with van der Waals surface area (Å²) in [5.74, 6) is 0.279. The van der Waals surface area contributed by atoms with Crippen LogP contribution in [-0.2, 0) is 22.6 Å². The van der Waals surface area contributed by atoms with Gasteiger partial charge in [0.15, 0.2) is 0 Å². The number of carbonyl (C=O) groups excluding carboxylic acids is 1. The second-order valence-electron chi connectivity index (χ2n) is 8.70. The molecule has 4 heterocycles. The lowest BCUT2D eigenvalue weighted by Crippen LogP contribution is -2.57.